The van der Waals surface area contributed by atoms with Crippen LogP contribution in [0.5, 0.6) is 0 Å². The molecule has 0 amide bonds. The highest BCUT2D eigenvalue weighted by Gasteiger charge is 2.04. The summed E-state index contributed by atoms with van der Waals surface area (Å²) < 4.78 is 3.01. The SMILES string of the molecule is Cn1c(CN)cc2cc(Br)cnc21. The van der Waals surface area contributed by atoms with Crippen molar-refractivity contribution in [2.24, 2.45) is 12.8 Å². The summed E-state index contributed by atoms with van der Waals surface area (Å²) in [5.74, 6) is 0. The number of aromatic nitrogens is 2. The van der Waals surface area contributed by atoms with Gasteiger partial charge in [-0.3, -0.25) is 0 Å². The van der Waals surface area contributed by atoms with Crippen molar-refractivity contribution in [1.82, 2.24) is 9.55 Å². The monoisotopic (exact) mass is 239 g/mol. The average Bonchev–Trinajstić information content (AvgIpc) is 2.42. The highest BCUT2D eigenvalue weighted by molar-refractivity contribution is 9.10. The molecular formula is C9H10BrN3. The molecule has 0 bridgehead atoms. The Hall–Kier alpha value is -0.870. The van der Waals surface area contributed by atoms with Gasteiger partial charge in [0.15, 0.2) is 0 Å². The van der Waals surface area contributed by atoms with Crippen LogP contribution in [0.3, 0.4) is 0 Å². The summed E-state index contributed by atoms with van der Waals surface area (Å²) in [5.41, 5.74) is 7.67. The van der Waals surface area contributed by atoms with Crippen LogP contribution in [0.4, 0.5) is 0 Å². The van der Waals surface area contributed by atoms with E-state index in [1.807, 2.05) is 17.7 Å². The van der Waals surface area contributed by atoms with Crippen LogP contribution in [-0.2, 0) is 13.6 Å². The summed E-state index contributed by atoms with van der Waals surface area (Å²) in [6, 6.07) is 4.11. The van der Waals surface area contributed by atoms with Gasteiger partial charge in [-0.05, 0) is 28.1 Å². The number of halogens is 1. The molecule has 0 unspecified atom stereocenters. The van der Waals surface area contributed by atoms with Crippen LogP contribution < -0.4 is 5.73 Å². The number of hydrogen-bond donors (Lipinski definition) is 1. The third-order valence-electron chi connectivity index (χ3n) is 2.14. The van der Waals surface area contributed by atoms with Gasteiger partial charge < -0.3 is 10.3 Å². The fourth-order valence-corrected chi connectivity index (χ4v) is 1.79. The van der Waals surface area contributed by atoms with E-state index in [9.17, 15) is 0 Å². The lowest BCUT2D eigenvalue weighted by Gasteiger charge is -1.98. The number of nitrogens with zero attached hydrogens (tertiary/aromatic N) is 2. The summed E-state index contributed by atoms with van der Waals surface area (Å²) in [4.78, 5) is 4.31. The zero-order chi connectivity index (χ0) is 9.42. The van der Waals surface area contributed by atoms with E-state index in [4.69, 9.17) is 5.73 Å². The van der Waals surface area contributed by atoms with Crippen LogP contribution in [0.2, 0.25) is 0 Å². The Labute approximate surface area is 84.7 Å². The van der Waals surface area contributed by atoms with Gasteiger partial charge in [0, 0.05) is 35.3 Å². The Bertz CT molecular complexity index is 447. The highest BCUT2D eigenvalue weighted by atomic mass is 79.9. The Morgan fingerprint density at radius 2 is 2.31 bits per heavy atom. The normalized spacial score (nSPS) is 11.0. The number of nitrogens with two attached hydrogens (primary N) is 1. The summed E-state index contributed by atoms with van der Waals surface area (Å²) in [6.07, 6.45) is 1.79. The second kappa shape index (κ2) is 3.12. The molecule has 2 rings (SSSR count). The Kier molecular flexibility index (Phi) is 2.09. The number of fused-ring (bicyclic) bond motifs is 1. The molecule has 2 N–H and O–H groups in total. The third-order valence-corrected chi connectivity index (χ3v) is 2.58. The van der Waals surface area contributed by atoms with Crippen molar-refractivity contribution >= 4 is 27.0 Å². The molecule has 0 spiro atoms. The van der Waals surface area contributed by atoms with Gasteiger partial charge in [0.05, 0.1) is 0 Å². The van der Waals surface area contributed by atoms with Gasteiger partial charge in [0.25, 0.3) is 0 Å². The van der Waals surface area contributed by atoms with Crippen molar-refractivity contribution in [2.45, 2.75) is 6.54 Å². The van der Waals surface area contributed by atoms with Crippen molar-refractivity contribution in [3.63, 3.8) is 0 Å². The van der Waals surface area contributed by atoms with Crippen LogP contribution >= 0.6 is 15.9 Å². The lowest BCUT2D eigenvalue weighted by molar-refractivity contribution is 0.839. The smallest absolute Gasteiger partial charge is 0.139 e. The van der Waals surface area contributed by atoms with Gasteiger partial charge in [-0.1, -0.05) is 0 Å². The van der Waals surface area contributed by atoms with E-state index in [0.29, 0.717) is 6.54 Å². The Morgan fingerprint density at radius 3 is 3.00 bits per heavy atom. The maximum atomic E-state index is 5.59. The average molecular weight is 240 g/mol. The number of hydrogen-bond acceptors (Lipinski definition) is 2. The molecule has 0 saturated heterocycles. The van der Waals surface area contributed by atoms with Gasteiger partial charge in [-0.2, -0.15) is 0 Å². The Morgan fingerprint density at radius 1 is 1.54 bits per heavy atom. The van der Waals surface area contributed by atoms with E-state index in [0.717, 1.165) is 21.2 Å². The molecule has 2 aromatic rings. The lowest BCUT2D eigenvalue weighted by Crippen LogP contribution is -2.02. The maximum absolute atomic E-state index is 5.59. The predicted molar refractivity (Wildman–Crippen MR) is 56.3 cm³/mol. The van der Waals surface area contributed by atoms with Gasteiger partial charge in [-0.15, -0.1) is 0 Å². The van der Waals surface area contributed by atoms with E-state index in [-0.39, 0.29) is 0 Å². The van der Waals surface area contributed by atoms with Gasteiger partial charge in [0.1, 0.15) is 5.65 Å². The molecule has 0 aromatic carbocycles. The molecule has 4 heteroatoms. The fourth-order valence-electron chi connectivity index (χ4n) is 1.44. The minimum Gasteiger partial charge on any atom is -0.331 e. The largest absolute Gasteiger partial charge is 0.331 e. The molecule has 3 nitrogen and oxygen atoms in total. The number of aryl methyl sites for hydroxylation is 1. The van der Waals surface area contributed by atoms with Gasteiger partial charge in [0.2, 0.25) is 0 Å². The van der Waals surface area contributed by atoms with Crippen molar-refractivity contribution < 1.29 is 0 Å². The van der Waals surface area contributed by atoms with Crippen molar-refractivity contribution in [2.75, 3.05) is 0 Å². The zero-order valence-electron chi connectivity index (χ0n) is 7.29. The Balaban J connectivity index is 2.76. The van der Waals surface area contributed by atoms with E-state index >= 15 is 0 Å². The molecule has 0 radical (unpaired) electrons. The minimum absolute atomic E-state index is 0.546. The van der Waals surface area contributed by atoms with E-state index in [2.05, 4.69) is 27.0 Å². The van der Waals surface area contributed by atoms with Crippen LogP contribution in [0.15, 0.2) is 22.8 Å². The standard InChI is InChI=1S/C9H10BrN3/c1-13-8(4-11)3-6-2-7(10)5-12-9(6)13/h2-3,5H,4,11H2,1H3. The lowest BCUT2D eigenvalue weighted by atomic mass is 10.3. The predicted octanol–water partition coefficient (Wildman–Crippen LogP) is 1.79. The van der Waals surface area contributed by atoms with E-state index in [1.54, 1.807) is 6.20 Å². The second-order valence-electron chi connectivity index (χ2n) is 2.97. The molecule has 0 fully saturated rings. The molecule has 2 heterocycles. The number of rotatable bonds is 1. The first-order valence-electron chi connectivity index (χ1n) is 4.02. The minimum atomic E-state index is 0.546. The van der Waals surface area contributed by atoms with E-state index in [1.165, 1.54) is 0 Å². The van der Waals surface area contributed by atoms with Crippen molar-refractivity contribution in [3.8, 4) is 0 Å². The maximum Gasteiger partial charge on any atom is 0.139 e. The first-order valence-corrected chi connectivity index (χ1v) is 4.81. The molecular weight excluding hydrogens is 230 g/mol. The second-order valence-corrected chi connectivity index (χ2v) is 3.88. The molecule has 0 aliphatic carbocycles. The quantitative estimate of drug-likeness (QED) is 0.825. The molecule has 2 aromatic heterocycles. The molecule has 0 saturated carbocycles. The summed E-state index contributed by atoms with van der Waals surface area (Å²) >= 11 is 3.39. The van der Waals surface area contributed by atoms with Crippen molar-refractivity contribution in [3.05, 3.63) is 28.5 Å². The van der Waals surface area contributed by atoms with Crippen LogP contribution in [0.1, 0.15) is 5.69 Å². The zero-order valence-corrected chi connectivity index (χ0v) is 8.87. The van der Waals surface area contributed by atoms with Gasteiger partial charge >= 0.3 is 0 Å². The first-order chi connectivity index (χ1) is 6.22. The van der Waals surface area contributed by atoms with Gasteiger partial charge in [-0.25, -0.2) is 4.98 Å². The van der Waals surface area contributed by atoms with Crippen LogP contribution in [0.25, 0.3) is 11.0 Å². The number of pyridine rings is 1. The third kappa shape index (κ3) is 1.36. The molecule has 0 atom stereocenters. The molecule has 0 aliphatic rings. The summed E-state index contributed by atoms with van der Waals surface area (Å²) in [5, 5.41) is 1.12. The van der Waals surface area contributed by atoms with E-state index < -0.39 is 0 Å². The van der Waals surface area contributed by atoms with Crippen molar-refractivity contribution in [1.29, 1.82) is 0 Å². The molecule has 68 valence electrons. The summed E-state index contributed by atoms with van der Waals surface area (Å²) in [6.45, 7) is 0.546. The highest BCUT2D eigenvalue weighted by Crippen LogP contribution is 2.19. The molecule has 13 heavy (non-hydrogen) atoms. The topological polar surface area (TPSA) is 43.8 Å². The van der Waals surface area contributed by atoms with Crippen LogP contribution in [0, 0.1) is 0 Å². The fraction of sp³-hybridized carbons (Fsp3) is 0.222. The summed E-state index contributed by atoms with van der Waals surface area (Å²) in [7, 11) is 1.98. The first kappa shape index (κ1) is 8.72. The van der Waals surface area contributed by atoms with Crippen LogP contribution in [-0.4, -0.2) is 9.55 Å². The molecule has 0 aliphatic heterocycles.